The molecule has 1 atom stereocenters. The first kappa shape index (κ1) is 7.74. The van der Waals surface area contributed by atoms with Crippen LogP contribution in [0.25, 0.3) is 0 Å². The number of benzene rings is 1. The second-order valence-electron chi connectivity index (χ2n) is 3.48. The second kappa shape index (κ2) is 2.30. The molecule has 1 nitrogen and oxygen atoms in total. The first-order valence-electron chi connectivity index (χ1n) is 4.02. The fourth-order valence-electron chi connectivity index (χ4n) is 1.48. The van der Waals surface area contributed by atoms with Crippen molar-refractivity contribution in [1.82, 2.24) is 0 Å². The van der Waals surface area contributed by atoms with Gasteiger partial charge < -0.3 is 4.74 Å². The van der Waals surface area contributed by atoms with E-state index < -0.39 is 0 Å². The van der Waals surface area contributed by atoms with Crippen molar-refractivity contribution in [2.24, 2.45) is 0 Å². The van der Waals surface area contributed by atoms with Crippen LogP contribution in [0.2, 0.25) is 0 Å². The molecule has 1 aliphatic rings. The van der Waals surface area contributed by atoms with Gasteiger partial charge in [0.25, 0.3) is 0 Å². The van der Waals surface area contributed by atoms with Gasteiger partial charge in [0, 0.05) is 0 Å². The SMILES string of the molecule is Cc1cc(F)ccc1C1(C)CO1. The Morgan fingerprint density at radius 2 is 2.17 bits per heavy atom. The normalized spacial score (nSPS) is 27.2. The standard InChI is InChI=1S/C10H11FO/c1-7-5-8(11)3-4-9(7)10(2)6-12-10/h3-5H,6H2,1-2H3. The molecule has 0 N–H and O–H groups in total. The van der Waals surface area contributed by atoms with Gasteiger partial charge in [0.1, 0.15) is 11.4 Å². The van der Waals surface area contributed by atoms with Crippen LogP contribution in [-0.4, -0.2) is 6.61 Å². The summed E-state index contributed by atoms with van der Waals surface area (Å²) in [5, 5.41) is 0. The van der Waals surface area contributed by atoms with Crippen LogP contribution in [0.5, 0.6) is 0 Å². The number of aryl methyl sites for hydroxylation is 1. The quantitative estimate of drug-likeness (QED) is 0.583. The van der Waals surface area contributed by atoms with Gasteiger partial charge in [0.05, 0.1) is 6.61 Å². The minimum absolute atomic E-state index is 0.141. The minimum atomic E-state index is -0.180. The van der Waals surface area contributed by atoms with Gasteiger partial charge in [0.2, 0.25) is 0 Å². The van der Waals surface area contributed by atoms with E-state index in [1.165, 1.54) is 6.07 Å². The molecule has 0 saturated carbocycles. The van der Waals surface area contributed by atoms with Crippen molar-refractivity contribution in [3.8, 4) is 0 Å². The third kappa shape index (κ3) is 1.12. The smallest absolute Gasteiger partial charge is 0.123 e. The van der Waals surface area contributed by atoms with E-state index in [1.54, 1.807) is 12.1 Å². The Bertz CT molecular complexity index is 316. The number of hydrogen-bond acceptors (Lipinski definition) is 1. The topological polar surface area (TPSA) is 12.5 Å². The maximum Gasteiger partial charge on any atom is 0.123 e. The van der Waals surface area contributed by atoms with Gasteiger partial charge in [-0.3, -0.25) is 0 Å². The van der Waals surface area contributed by atoms with E-state index in [0.717, 1.165) is 17.7 Å². The fourth-order valence-corrected chi connectivity index (χ4v) is 1.48. The van der Waals surface area contributed by atoms with Crippen LogP contribution < -0.4 is 0 Å². The molecule has 0 aliphatic carbocycles. The minimum Gasteiger partial charge on any atom is -0.365 e. The summed E-state index contributed by atoms with van der Waals surface area (Å²) in [6.07, 6.45) is 0. The number of epoxide rings is 1. The van der Waals surface area contributed by atoms with E-state index in [2.05, 4.69) is 0 Å². The molecule has 0 aromatic heterocycles. The summed E-state index contributed by atoms with van der Waals surface area (Å²) >= 11 is 0. The van der Waals surface area contributed by atoms with Crippen LogP contribution in [0.15, 0.2) is 18.2 Å². The van der Waals surface area contributed by atoms with Gasteiger partial charge in [-0.25, -0.2) is 4.39 Å². The summed E-state index contributed by atoms with van der Waals surface area (Å²) < 4.78 is 18.0. The van der Waals surface area contributed by atoms with Crippen LogP contribution in [-0.2, 0) is 10.3 Å². The molecule has 1 saturated heterocycles. The van der Waals surface area contributed by atoms with Gasteiger partial charge in [0.15, 0.2) is 0 Å². The molecule has 0 bridgehead atoms. The van der Waals surface area contributed by atoms with Crippen molar-refractivity contribution in [3.05, 3.63) is 35.1 Å². The molecule has 1 aromatic carbocycles. The number of rotatable bonds is 1. The number of hydrogen-bond donors (Lipinski definition) is 0. The van der Waals surface area contributed by atoms with Gasteiger partial charge in [-0.05, 0) is 37.1 Å². The van der Waals surface area contributed by atoms with Crippen LogP contribution in [0, 0.1) is 12.7 Å². The molecule has 12 heavy (non-hydrogen) atoms. The molecule has 0 spiro atoms. The average molecular weight is 166 g/mol. The Morgan fingerprint density at radius 3 is 2.67 bits per heavy atom. The van der Waals surface area contributed by atoms with Crippen molar-refractivity contribution in [1.29, 1.82) is 0 Å². The third-order valence-corrected chi connectivity index (χ3v) is 2.34. The van der Waals surface area contributed by atoms with Crippen LogP contribution in [0.4, 0.5) is 4.39 Å². The second-order valence-corrected chi connectivity index (χ2v) is 3.48. The number of halogens is 1. The van der Waals surface area contributed by atoms with Crippen LogP contribution in [0.3, 0.4) is 0 Å². The molecular formula is C10H11FO. The highest BCUT2D eigenvalue weighted by Crippen LogP contribution is 2.39. The third-order valence-electron chi connectivity index (χ3n) is 2.34. The van der Waals surface area contributed by atoms with Gasteiger partial charge in [-0.2, -0.15) is 0 Å². The van der Waals surface area contributed by atoms with Gasteiger partial charge in [-0.1, -0.05) is 6.07 Å². The maximum absolute atomic E-state index is 12.7. The number of ether oxygens (including phenoxy) is 1. The Balaban J connectivity index is 2.45. The molecule has 2 heteroatoms. The summed E-state index contributed by atoms with van der Waals surface area (Å²) in [4.78, 5) is 0. The Kier molecular flexibility index (Phi) is 1.48. The monoisotopic (exact) mass is 166 g/mol. The predicted octanol–water partition coefficient (Wildman–Crippen LogP) is 2.38. The van der Waals surface area contributed by atoms with E-state index in [1.807, 2.05) is 13.8 Å². The van der Waals surface area contributed by atoms with Crippen LogP contribution in [0.1, 0.15) is 18.1 Å². The largest absolute Gasteiger partial charge is 0.365 e. The molecule has 1 heterocycles. The first-order chi connectivity index (χ1) is 5.62. The summed E-state index contributed by atoms with van der Waals surface area (Å²) in [5.74, 6) is -0.180. The van der Waals surface area contributed by atoms with Crippen molar-refractivity contribution < 1.29 is 9.13 Å². The molecule has 64 valence electrons. The lowest BCUT2D eigenvalue weighted by Gasteiger charge is -2.08. The van der Waals surface area contributed by atoms with E-state index in [-0.39, 0.29) is 11.4 Å². The first-order valence-corrected chi connectivity index (χ1v) is 4.02. The van der Waals surface area contributed by atoms with E-state index in [0.29, 0.717) is 0 Å². The molecule has 1 fully saturated rings. The summed E-state index contributed by atoms with van der Waals surface area (Å²) in [5.41, 5.74) is 1.93. The molecular weight excluding hydrogens is 155 g/mol. The molecule has 0 amide bonds. The lowest BCUT2D eigenvalue weighted by molar-refractivity contribution is 0.328. The Morgan fingerprint density at radius 1 is 1.50 bits per heavy atom. The Labute approximate surface area is 71.2 Å². The summed E-state index contributed by atoms with van der Waals surface area (Å²) in [6.45, 7) is 4.68. The lowest BCUT2D eigenvalue weighted by Crippen LogP contribution is -2.04. The predicted molar refractivity (Wildman–Crippen MR) is 44.4 cm³/mol. The molecule has 1 unspecified atom stereocenters. The fraction of sp³-hybridized carbons (Fsp3) is 0.400. The molecule has 1 aromatic rings. The van der Waals surface area contributed by atoms with E-state index in [4.69, 9.17) is 4.74 Å². The highest BCUT2D eigenvalue weighted by molar-refractivity contribution is 5.34. The molecule has 2 rings (SSSR count). The molecule has 1 aliphatic heterocycles. The van der Waals surface area contributed by atoms with Gasteiger partial charge in [-0.15, -0.1) is 0 Å². The van der Waals surface area contributed by atoms with Crippen LogP contribution >= 0.6 is 0 Å². The summed E-state index contributed by atoms with van der Waals surface area (Å²) in [6, 6.07) is 4.83. The zero-order valence-corrected chi connectivity index (χ0v) is 7.23. The van der Waals surface area contributed by atoms with Gasteiger partial charge >= 0.3 is 0 Å². The molecule has 0 radical (unpaired) electrons. The van der Waals surface area contributed by atoms with E-state index in [9.17, 15) is 4.39 Å². The Hall–Kier alpha value is -0.890. The average Bonchev–Trinajstić information content (AvgIpc) is 2.68. The van der Waals surface area contributed by atoms with Crippen molar-refractivity contribution >= 4 is 0 Å². The van der Waals surface area contributed by atoms with Crippen molar-refractivity contribution in [2.45, 2.75) is 19.4 Å². The zero-order chi connectivity index (χ0) is 8.77. The van der Waals surface area contributed by atoms with Crippen molar-refractivity contribution in [3.63, 3.8) is 0 Å². The highest BCUT2D eigenvalue weighted by atomic mass is 19.1. The maximum atomic E-state index is 12.7. The summed E-state index contributed by atoms with van der Waals surface area (Å²) in [7, 11) is 0. The van der Waals surface area contributed by atoms with Crippen molar-refractivity contribution in [2.75, 3.05) is 6.61 Å². The highest BCUT2D eigenvalue weighted by Gasteiger charge is 2.42. The zero-order valence-electron chi connectivity index (χ0n) is 7.23. The van der Waals surface area contributed by atoms with E-state index >= 15 is 0 Å². The lowest BCUT2D eigenvalue weighted by atomic mass is 9.97.